The fraction of sp³-hybridized carbons (Fsp3) is 0.0159. The lowest BCUT2D eigenvalue weighted by Crippen LogP contribution is -2.36. The Morgan fingerprint density at radius 3 is 1.74 bits per heavy atom. The van der Waals surface area contributed by atoms with Crippen LogP contribution < -0.4 is 5.32 Å². The van der Waals surface area contributed by atoms with Gasteiger partial charge in [-0.25, -0.2) is 9.98 Å². The number of benzene rings is 11. The molecule has 14 aromatic rings. The number of para-hydroxylation sites is 2. The third-order valence-electron chi connectivity index (χ3n) is 14.2. The number of fused-ring (bicyclic) bond motifs is 13. The topological polar surface area (TPSA) is 63.0 Å². The summed E-state index contributed by atoms with van der Waals surface area (Å²) >= 11 is 1.84. The van der Waals surface area contributed by atoms with Crippen LogP contribution >= 0.6 is 11.3 Å². The smallest absolute Gasteiger partial charge is 0.170 e. The summed E-state index contributed by atoms with van der Waals surface area (Å²) in [5.74, 6) is 1.51. The molecular formula is C63H37N3O2S. The molecule has 6 heteroatoms. The molecular weight excluding hydrogens is 863 g/mol. The number of hydrogen-bond acceptors (Lipinski definition) is 6. The Morgan fingerprint density at radius 2 is 0.899 bits per heavy atom. The van der Waals surface area contributed by atoms with Crippen molar-refractivity contribution in [3.05, 3.63) is 229 Å². The molecule has 322 valence electrons. The van der Waals surface area contributed by atoms with Crippen LogP contribution in [0, 0.1) is 0 Å². The fourth-order valence-electron chi connectivity index (χ4n) is 11.2. The van der Waals surface area contributed by atoms with Crippen molar-refractivity contribution >= 4 is 119 Å². The van der Waals surface area contributed by atoms with E-state index >= 15 is 0 Å². The summed E-state index contributed by atoms with van der Waals surface area (Å²) in [6.07, 6.45) is -0.571. The van der Waals surface area contributed by atoms with Gasteiger partial charge < -0.3 is 14.2 Å². The number of furan rings is 2. The molecule has 1 atom stereocenters. The van der Waals surface area contributed by atoms with Crippen molar-refractivity contribution in [3.63, 3.8) is 0 Å². The van der Waals surface area contributed by atoms with Gasteiger partial charge in [-0.15, -0.1) is 11.3 Å². The van der Waals surface area contributed by atoms with E-state index in [1.807, 2.05) is 35.6 Å². The van der Waals surface area contributed by atoms with Gasteiger partial charge in [0, 0.05) is 64.0 Å². The molecule has 69 heavy (non-hydrogen) atoms. The predicted octanol–water partition coefficient (Wildman–Crippen LogP) is 17.1. The first-order valence-electron chi connectivity index (χ1n) is 23.3. The number of nitrogens with one attached hydrogen (secondary N) is 1. The Bertz CT molecular complexity index is 4550. The Balaban J connectivity index is 0.935. The number of hydrogen-bond donors (Lipinski definition) is 1. The molecule has 5 nitrogen and oxygen atoms in total. The van der Waals surface area contributed by atoms with Crippen LogP contribution in [0.25, 0.3) is 119 Å². The van der Waals surface area contributed by atoms with Crippen LogP contribution in [0.5, 0.6) is 0 Å². The molecule has 0 spiro atoms. The van der Waals surface area contributed by atoms with Crippen molar-refractivity contribution in [2.75, 3.05) is 0 Å². The average Bonchev–Trinajstić information content (AvgIpc) is 4.12. The number of amidine groups is 2. The van der Waals surface area contributed by atoms with Crippen molar-refractivity contribution in [2.45, 2.75) is 6.17 Å². The van der Waals surface area contributed by atoms with Gasteiger partial charge in [-0.1, -0.05) is 176 Å². The SMILES string of the molecule is c1ccc2c(c1)cc(C1=NC(c3ccc(-c4cccc5oc6c(-c7cccc8sc9ccccc9c78)cccc6c45)c4ccccc34)N=C(c3cccc4oc5ccccc5c34)N1)c1ccccc12. The zero-order valence-electron chi connectivity index (χ0n) is 36.9. The van der Waals surface area contributed by atoms with Crippen molar-refractivity contribution < 1.29 is 8.83 Å². The molecule has 3 aromatic heterocycles. The van der Waals surface area contributed by atoms with Crippen molar-refractivity contribution in [2.24, 2.45) is 9.98 Å². The maximum atomic E-state index is 6.94. The molecule has 0 bridgehead atoms. The second-order valence-corrected chi connectivity index (χ2v) is 19.0. The minimum Gasteiger partial charge on any atom is -0.456 e. The normalized spacial score (nSPS) is 14.2. The summed E-state index contributed by atoms with van der Waals surface area (Å²) in [6, 6.07) is 75.5. The van der Waals surface area contributed by atoms with Gasteiger partial charge in [0.1, 0.15) is 34.0 Å². The second kappa shape index (κ2) is 14.8. The molecule has 15 rings (SSSR count). The highest BCUT2D eigenvalue weighted by Crippen LogP contribution is 2.47. The Kier molecular flexibility index (Phi) is 8.23. The average molecular weight is 900 g/mol. The summed E-state index contributed by atoms with van der Waals surface area (Å²) in [7, 11) is 0. The molecule has 0 radical (unpaired) electrons. The number of nitrogens with zero attached hydrogens (tertiary/aromatic N) is 2. The third kappa shape index (κ3) is 5.76. The predicted molar refractivity (Wildman–Crippen MR) is 289 cm³/mol. The van der Waals surface area contributed by atoms with E-state index in [1.165, 1.54) is 36.5 Å². The van der Waals surface area contributed by atoms with Gasteiger partial charge in [-0.2, -0.15) is 0 Å². The van der Waals surface area contributed by atoms with Gasteiger partial charge in [0.15, 0.2) is 6.17 Å². The monoisotopic (exact) mass is 899 g/mol. The van der Waals surface area contributed by atoms with Crippen molar-refractivity contribution in [1.82, 2.24) is 5.32 Å². The molecule has 1 N–H and O–H groups in total. The van der Waals surface area contributed by atoms with Crippen LogP contribution in [0.3, 0.4) is 0 Å². The van der Waals surface area contributed by atoms with Crippen LogP contribution in [0.2, 0.25) is 0 Å². The Morgan fingerprint density at radius 1 is 0.348 bits per heavy atom. The molecule has 0 aliphatic carbocycles. The van der Waals surface area contributed by atoms with E-state index in [0.717, 1.165) is 110 Å². The van der Waals surface area contributed by atoms with Crippen LogP contribution in [0.1, 0.15) is 22.9 Å². The lowest BCUT2D eigenvalue weighted by atomic mass is 9.91. The van der Waals surface area contributed by atoms with Crippen LogP contribution in [0.4, 0.5) is 0 Å². The lowest BCUT2D eigenvalue weighted by Gasteiger charge is -2.25. The van der Waals surface area contributed by atoms with Gasteiger partial charge in [0.25, 0.3) is 0 Å². The van der Waals surface area contributed by atoms with Crippen LogP contribution in [-0.2, 0) is 0 Å². The zero-order chi connectivity index (χ0) is 45.2. The first-order chi connectivity index (χ1) is 34.2. The molecule has 11 aromatic carbocycles. The summed E-state index contributed by atoms with van der Waals surface area (Å²) < 4.78 is 15.9. The minimum atomic E-state index is -0.571. The Hall–Kier alpha value is -8.84. The molecule has 4 heterocycles. The molecule has 1 aliphatic rings. The largest absolute Gasteiger partial charge is 0.456 e. The van der Waals surface area contributed by atoms with Crippen LogP contribution in [-0.4, -0.2) is 11.7 Å². The van der Waals surface area contributed by atoms with E-state index in [1.54, 1.807) is 0 Å². The van der Waals surface area contributed by atoms with Crippen molar-refractivity contribution in [3.8, 4) is 22.3 Å². The van der Waals surface area contributed by atoms with E-state index in [4.69, 9.17) is 18.8 Å². The van der Waals surface area contributed by atoms with E-state index in [-0.39, 0.29) is 0 Å². The number of aliphatic imine (C=N–C) groups is 2. The fourth-order valence-corrected chi connectivity index (χ4v) is 12.3. The summed E-state index contributed by atoms with van der Waals surface area (Å²) in [5, 5.41) is 17.5. The molecule has 0 fully saturated rings. The Labute approximate surface area is 398 Å². The lowest BCUT2D eigenvalue weighted by molar-refractivity contribution is 0.669. The van der Waals surface area contributed by atoms with Crippen molar-refractivity contribution in [1.29, 1.82) is 0 Å². The quantitative estimate of drug-likeness (QED) is 0.175. The van der Waals surface area contributed by atoms with Gasteiger partial charge in [0.05, 0.1) is 0 Å². The molecule has 1 unspecified atom stereocenters. The van der Waals surface area contributed by atoms with E-state index in [2.05, 4.69) is 193 Å². The first-order valence-corrected chi connectivity index (χ1v) is 24.1. The standard InChI is InChI=1S/C63H37N3O2S/c1-2-16-37-36(15-1)35-51(41-20-6-3-17-38(37)41)63-65-61(64-62(66-63)50-27-13-29-53-58(50)47-21-7-9-28-52(47)67-53)46-34-33-42(39-18-4-5-19-40(39)46)43-23-12-30-54-57(43)49-26-11-25-45(60(49)68-54)44-24-14-32-56-59(44)48-22-8-10-31-55(48)69-56/h1-35,61H,(H,64,65,66). The van der Waals surface area contributed by atoms with Gasteiger partial charge in [-0.3, -0.25) is 0 Å². The molecule has 0 saturated carbocycles. The summed E-state index contributed by atoms with van der Waals surface area (Å²) in [5.41, 5.74) is 10.9. The first kappa shape index (κ1) is 38.3. The number of rotatable bonds is 5. The summed E-state index contributed by atoms with van der Waals surface area (Å²) in [4.78, 5) is 11.1. The highest BCUT2D eigenvalue weighted by molar-refractivity contribution is 7.26. The third-order valence-corrected chi connectivity index (χ3v) is 15.3. The van der Waals surface area contributed by atoms with E-state index < -0.39 is 6.17 Å². The minimum absolute atomic E-state index is 0.571. The highest BCUT2D eigenvalue weighted by atomic mass is 32.1. The maximum Gasteiger partial charge on any atom is 0.170 e. The maximum absolute atomic E-state index is 6.94. The van der Waals surface area contributed by atoms with Crippen LogP contribution in [0.15, 0.2) is 231 Å². The summed E-state index contributed by atoms with van der Waals surface area (Å²) in [6.45, 7) is 0. The molecule has 0 saturated heterocycles. The highest BCUT2D eigenvalue weighted by Gasteiger charge is 2.27. The second-order valence-electron chi connectivity index (χ2n) is 17.9. The van der Waals surface area contributed by atoms with Gasteiger partial charge >= 0.3 is 0 Å². The molecule has 0 amide bonds. The van der Waals surface area contributed by atoms with Gasteiger partial charge in [0.2, 0.25) is 0 Å². The van der Waals surface area contributed by atoms with Gasteiger partial charge in [-0.05, 0) is 85.4 Å². The van der Waals surface area contributed by atoms with E-state index in [0.29, 0.717) is 0 Å². The molecule has 1 aliphatic heterocycles. The number of thiophene rings is 1. The zero-order valence-corrected chi connectivity index (χ0v) is 37.7. The van der Waals surface area contributed by atoms with E-state index in [9.17, 15) is 0 Å².